The summed E-state index contributed by atoms with van der Waals surface area (Å²) in [7, 11) is 0. The van der Waals surface area contributed by atoms with E-state index in [4.69, 9.17) is 5.73 Å². The molecule has 1 saturated heterocycles. The second-order valence-corrected chi connectivity index (χ2v) is 3.98. The van der Waals surface area contributed by atoms with Crippen LogP contribution >= 0.6 is 0 Å². The first-order valence-electron chi connectivity index (χ1n) is 5.59. The zero-order valence-electron chi connectivity index (χ0n) is 9.86. The number of rotatable bonds is 3. The average Bonchev–Trinajstić information content (AvgIpc) is 2.72. The van der Waals surface area contributed by atoms with E-state index in [2.05, 4.69) is 10.6 Å². The van der Waals surface area contributed by atoms with Crippen LogP contribution in [0.3, 0.4) is 0 Å². The molecule has 7 heteroatoms. The number of nitrogens with two attached hydrogens (primary N) is 1. The predicted octanol–water partition coefficient (Wildman–Crippen LogP) is -2.20. The highest BCUT2D eigenvalue weighted by Gasteiger charge is 2.29. The highest BCUT2D eigenvalue weighted by Crippen LogP contribution is 2.09. The van der Waals surface area contributed by atoms with E-state index >= 15 is 0 Å². The Morgan fingerprint density at radius 1 is 1.41 bits per heavy atom. The summed E-state index contributed by atoms with van der Waals surface area (Å²) in [5.74, 6) is -1.33. The minimum absolute atomic E-state index is 0.0567. The fourth-order valence-electron chi connectivity index (χ4n) is 1.75. The molecule has 1 heterocycles. The zero-order valence-corrected chi connectivity index (χ0v) is 9.86. The van der Waals surface area contributed by atoms with Gasteiger partial charge in [-0.1, -0.05) is 0 Å². The van der Waals surface area contributed by atoms with Gasteiger partial charge in [0.1, 0.15) is 0 Å². The number of hydrogen-bond donors (Lipinski definition) is 3. The molecule has 1 unspecified atom stereocenters. The lowest BCUT2D eigenvalue weighted by Gasteiger charge is -2.16. The quantitative estimate of drug-likeness (QED) is 0.488. The molecule has 3 amide bonds. The topological polar surface area (TPSA) is 105 Å². The van der Waals surface area contributed by atoms with Crippen molar-refractivity contribution in [1.29, 1.82) is 0 Å². The molecule has 1 aliphatic rings. The summed E-state index contributed by atoms with van der Waals surface area (Å²) in [4.78, 5) is 35.3. The maximum Gasteiger partial charge on any atom is 0.311 e. The second kappa shape index (κ2) is 6.19. The van der Waals surface area contributed by atoms with Crippen molar-refractivity contribution >= 4 is 17.7 Å². The van der Waals surface area contributed by atoms with Gasteiger partial charge in [0.25, 0.3) is 0 Å². The standard InChI is InChI=1S/C10H18N4O3/c1-7(15)13-8-2-5-14(6-8)10(17)9(16)12-4-3-11/h8H,2-6,11H2,1H3,(H,12,16)(H,13,15). The van der Waals surface area contributed by atoms with Gasteiger partial charge in [-0.3, -0.25) is 14.4 Å². The van der Waals surface area contributed by atoms with Crippen molar-refractivity contribution in [1.82, 2.24) is 15.5 Å². The molecule has 7 nitrogen and oxygen atoms in total. The van der Waals surface area contributed by atoms with Crippen LogP contribution in [-0.2, 0) is 14.4 Å². The van der Waals surface area contributed by atoms with Crippen LogP contribution in [0.1, 0.15) is 13.3 Å². The van der Waals surface area contributed by atoms with Gasteiger partial charge in [-0.05, 0) is 6.42 Å². The Bertz CT molecular complexity index is 319. The molecule has 0 aromatic carbocycles. The van der Waals surface area contributed by atoms with Crippen LogP contribution in [0.25, 0.3) is 0 Å². The van der Waals surface area contributed by atoms with Gasteiger partial charge in [0, 0.05) is 39.1 Å². The molecule has 0 bridgehead atoms. The van der Waals surface area contributed by atoms with Gasteiger partial charge in [0.15, 0.2) is 0 Å². The Morgan fingerprint density at radius 3 is 2.71 bits per heavy atom. The highest BCUT2D eigenvalue weighted by atomic mass is 16.2. The van der Waals surface area contributed by atoms with Crippen molar-refractivity contribution in [3.8, 4) is 0 Å². The van der Waals surface area contributed by atoms with E-state index < -0.39 is 11.8 Å². The van der Waals surface area contributed by atoms with Gasteiger partial charge in [0.05, 0.1) is 0 Å². The van der Waals surface area contributed by atoms with E-state index in [1.54, 1.807) is 0 Å². The van der Waals surface area contributed by atoms with E-state index in [0.29, 0.717) is 26.1 Å². The van der Waals surface area contributed by atoms with E-state index in [1.165, 1.54) is 11.8 Å². The van der Waals surface area contributed by atoms with Crippen LogP contribution in [-0.4, -0.2) is 54.8 Å². The fraction of sp³-hybridized carbons (Fsp3) is 0.700. The molecule has 1 aliphatic heterocycles. The van der Waals surface area contributed by atoms with E-state index in [0.717, 1.165) is 0 Å². The molecule has 1 rings (SSSR count). The molecular weight excluding hydrogens is 224 g/mol. The Balaban J connectivity index is 2.39. The Labute approximate surface area is 99.7 Å². The molecule has 0 aromatic heterocycles. The van der Waals surface area contributed by atoms with Crippen molar-refractivity contribution in [3.63, 3.8) is 0 Å². The predicted molar refractivity (Wildman–Crippen MR) is 60.9 cm³/mol. The van der Waals surface area contributed by atoms with Crippen molar-refractivity contribution < 1.29 is 14.4 Å². The number of nitrogens with zero attached hydrogens (tertiary/aromatic N) is 1. The van der Waals surface area contributed by atoms with Crippen molar-refractivity contribution in [2.45, 2.75) is 19.4 Å². The van der Waals surface area contributed by atoms with Gasteiger partial charge >= 0.3 is 11.8 Å². The Kier molecular flexibility index (Phi) is 4.89. The molecule has 0 aliphatic carbocycles. The lowest BCUT2D eigenvalue weighted by molar-refractivity contribution is -0.145. The average molecular weight is 242 g/mol. The first-order chi connectivity index (χ1) is 8.04. The van der Waals surface area contributed by atoms with Gasteiger partial charge in [-0.15, -0.1) is 0 Å². The molecule has 1 fully saturated rings. The van der Waals surface area contributed by atoms with Gasteiger partial charge in [0.2, 0.25) is 5.91 Å². The summed E-state index contributed by atoms with van der Waals surface area (Å²) in [6.07, 6.45) is 0.676. The summed E-state index contributed by atoms with van der Waals surface area (Å²) in [6, 6.07) is -0.0567. The molecule has 4 N–H and O–H groups in total. The first-order valence-corrected chi connectivity index (χ1v) is 5.59. The molecule has 17 heavy (non-hydrogen) atoms. The first kappa shape index (κ1) is 13.4. The molecule has 0 radical (unpaired) electrons. The molecule has 0 saturated carbocycles. The van der Waals surface area contributed by atoms with Crippen LogP contribution in [0.15, 0.2) is 0 Å². The maximum absolute atomic E-state index is 11.6. The number of carbonyl (C=O) groups excluding carboxylic acids is 3. The van der Waals surface area contributed by atoms with Crippen LogP contribution in [0, 0.1) is 0 Å². The van der Waals surface area contributed by atoms with Crippen LogP contribution < -0.4 is 16.4 Å². The molecular formula is C10H18N4O3. The number of hydrogen-bond acceptors (Lipinski definition) is 4. The minimum Gasteiger partial charge on any atom is -0.352 e. The lowest BCUT2D eigenvalue weighted by Crippen LogP contribution is -2.44. The van der Waals surface area contributed by atoms with Crippen molar-refractivity contribution in [2.75, 3.05) is 26.2 Å². The summed E-state index contributed by atoms with van der Waals surface area (Å²) < 4.78 is 0. The number of carbonyl (C=O) groups is 3. The summed E-state index contributed by atoms with van der Waals surface area (Å²) in [5, 5.41) is 5.15. The Hall–Kier alpha value is -1.63. The van der Waals surface area contributed by atoms with Crippen molar-refractivity contribution in [3.05, 3.63) is 0 Å². The number of amides is 3. The molecule has 0 aromatic rings. The van der Waals surface area contributed by atoms with E-state index in [9.17, 15) is 14.4 Å². The second-order valence-electron chi connectivity index (χ2n) is 3.98. The molecule has 96 valence electrons. The third-order valence-electron chi connectivity index (χ3n) is 2.51. The molecule has 0 spiro atoms. The summed E-state index contributed by atoms with van der Waals surface area (Å²) >= 11 is 0. The van der Waals surface area contributed by atoms with Gasteiger partial charge in [-0.25, -0.2) is 0 Å². The SMILES string of the molecule is CC(=O)NC1CCN(C(=O)C(=O)NCCN)C1. The van der Waals surface area contributed by atoms with Crippen LogP contribution in [0.5, 0.6) is 0 Å². The van der Waals surface area contributed by atoms with Crippen LogP contribution in [0.4, 0.5) is 0 Å². The maximum atomic E-state index is 11.6. The Morgan fingerprint density at radius 2 is 2.12 bits per heavy atom. The monoisotopic (exact) mass is 242 g/mol. The fourth-order valence-corrected chi connectivity index (χ4v) is 1.75. The normalized spacial score (nSPS) is 18.9. The number of nitrogens with one attached hydrogen (secondary N) is 2. The van der Waals surface area contributed by atoms with Crippen LogP contribution in [0.2, 0.25) is 0 Å². The summed E-state index contributed by atoms with van der Waals surface area (Å²) in [6.45, 7) is 2.88. The van der Waals surface area contributed by atoms with Gasteiger partial charge in [-0.2, -0.15) is 0 Å². The highest BCUT2D eigenvalue weighted by molar-refractivity contribution is 6.35. The smallest absolute Gasteiger partial charge is 0.311 e. The van der Waals surface area contributed by atoms with E-state index in [1.807, 2.05) is 0 Å². The summed E-state index contributed by atoms with van der Waals surface area (Å²) in [5.41, 5.74) is 5.22. The third-order valence-corrected chi connectivity index (χ3v) is 2.51. The number of likely N-dealkylation sites (tertiary alicyclic amines) is 1. The third kappa shape index (κ3) is 4.03. The largest absolute Gasteiger partial charge is 0.352 e. The van der Waals surface area contributed by atoms with Crippen molar-refractivity contribution in [2.24, 2.45) is 5.73 Å². The lowest BCUT2D eigenvalue weighted by atomic mass is 10.2. The van der Waals surface area contributed by atoms with Gasteiger partial charge < -0.3 is 21.3 Å². The zero-order chi connectivity index (χ0) is 12.8. The van der Waals surface area contributed by atoms with E-state index in [-0.39, 0.29) is 18.5 Å². The molecule has 1 atom stereocenters. The minimum atomic E-state index is -0.640.